The van der Waals surface area contributed by atoms with Gasteiger partial charge >= 0.3 is 0 Å². The highest BCUT2D eigenvalue weighted by molar-refractivity contribution is 5.97. The number of benzene rings is 3. The molecule has 3 aromatic rings. The third-order valence-corrected chi connectivity index (χ3v) is 7.69. The van der Waals surface area contributed by atoms with E-state index in [2.05, 4.69) is 16.0 Å². The molecule has 3 aromatic carbocycles. The van der Waals surface area contributed by atoms with Crippen LogP contribution in [-0.4, -0.2) is 80.7 Å². The van der Waals surface area contributed by atoms with Crippen molar-refractivity contribution in [3.05, 3.63) is 89.0 Å². The number of allylic oxidation sites excluding steroid dienone is 1. The number of anilines is 1. The van der Waals surface area contributed by atoms with E-state index in [4.69, 9.17) is 10.5 Å². The summed E-state index contributed by atoms with van der Waals surface area (Å²) in [6.45, 7) is 1.97. The highest BCUT2D eigenvalue weighted by Crippen LogP contribution is 2.36. The van der Waals surface area contributed by atoms with Crippen molar-refractivity contribution in [3.8, 4) is 16.9 Å². The minimum atomic E-state index is -1.09. The van der Waals surface area contributed by atoms with Crippen molar-refractivity contribution in [2.75, 3.05) is 46.3 Å². The summed E-state index contributed by atoms with van der Waals surface area (Å²) in [5.74, 6) is -1.07. The average molecular weight is 620 g/mol. The van der Waals surface area contributed by atoms with Gasteiger partial charge in [-0.2, -0.15) is 0 Å². The van der Waals surface area contributed by atoms with E-state index in [1.807, 2.05) is 55.4 Å². The second-order valence-corrected chi connectivity index (χ2v) is 10.9. The Morgan fingerprint density at radius 1 is 1.04 bits per heavy atom. The van der Waals surface area contributed by atoms with Crippen LogP contribution < -0.4 is 31.3 Å². The fraction of sp³-hybridized carbons (Fsp3) is 0.353. The fourth-order valence-electron chi connectivity index (χ4n) is 5.10. The lowest BCUT2D eigenvalue weighted by atomic mass is 9.92. The highest BCUT2D eigenvalue weighted by atomic mass is 16.5. The summed E-state index contributed by atoms with van der Waals surface area (Å²) in [6.07, 6.45) is 0.527. The second kappa shape index (κ2) is 16.6. The number of nitrogens with two attached hydrogens (primary N) is 1. The molecule has 11 heteroatoms. The Bertz CT molecular complexity index is 1470. The highest BCUT2D eigenvalue weighted by Gasteiger charge is 2.32. The van der Waals surface area contributed by atoms with E-state index in [9.17, 15) is 24.9 Å². The Hall–Kier alpha value is -4.42. The molecule has 3 atom stereocenters. The van der Waals surface area contributed by atoms with Crippen LogP contribution in [0.3, 0.4) is 0 Å². The van der Waals surface area contributed by atoms with Crippen LogP contribution in [0.2, 0.25) is 0 Å². The smallest absolute Gasteiger partial charge is 0.251 e. The van der Waals surface area contributed by atoms with Crippen LogP contribution in [0.15, 0.2) is 66.7 Å². The van der Waals surface area contributed by atoms with E-state index in [0.29, 0.717) is 23.4 Å². The molecule has 45 heavy (non-hydrogen) atoms. The second-order valence-electron chi connectivity index (χ2n) is 10.9. The molecule has 3 unspecified atom stereocenters. The van der Waals surface area contributed by atoms with Gasteiger partial charge in [-0.15, -0.1) is 0 Å². The predicted molar refractivity (Wildman–Crippen MR) is 177 cm³/mol. The molecule has 0 spiro atoms. The number of aliphatic hydroxyl groups excluding tert-OH is 3. The molecule has 0 aromatic heterocycles. The van der Waals surface area contributed by atoms with E-state index in [0.717, 1.165) is 27.9 Å². The van der Waals surface area contributed by atoms with Gasteiger partial charge in [0, 0.05) is 74.6 Å². The van der Waals surface area contributed by atoms with E-state index in [1.165, 1.54) is 0 Å². The van der Waals surface area contributed by atoms with Gasteiger partial charge in [0.25, 0.3) is 5.91 Å². The lowest BCUT2D eigenvalue weighted by Crippen LogP contribution is -2.53. The number of rotatable bonds is 16. The summed E-state index contributed by atoms with van der Waals surface area (Å²) in [5, 5.41) is 39.9. The molecule has 11 nitrogen and oxygen atoms in total. The van der Waals surface area contributed by atoms with Gasteiger partial charge in [-0.25, -0.2) is 0 Å². The molecular weight excluding hydrogens is 574 g/mol. The molecule has 0 saturated heterocycles. The molecule has 2 amide bonds. The standard InChI is InChI=1S/C34H45N5O6/c1-6-29(41)22-12-10-21(11-13-22)17-37-19-30(42)28(20-40)31(33(35)43)38-18-23-8-7-9-27(32(23)45-5)24-14-25(34(44)36-2)16-26(15-24)39(3)4/h6-16,28,30-31,37-38,40-42H,17-20H2,1-5H3,(H2,35,43)(H,36,44)/b29-6+. The number of hydrogen-bond donors (Lipinski definition) is 7. The summed E-state index contributed by atoms with van der Waals surface area (Å²) in [5.41, 5.74) is 10.9. The molecule has 0 bridgehead atoms. The zero-order valence-electron chi connectivity index (χ0n) is 26.5. The Morgan fingerprint density at radius 2 is 1.76 bits per heavy atom. The fourth-order valence-corrected chi connectivity index (χ4v) is 5.10. The zero-order chi connectivity index (χ0) is 33.1. The predicted octanol–water partition coefficient (Wildman–Crippen LogP) is 2.41. The van der Waals surface area contributed by atoms with Crippen molar-refractivity contribution >= 4 is 23.3 Å². The summed E-state index contributed by atoms with van der Waals surface area (Å²) >= 11 is 0. The molecule has 0 heterocycles. The van der Waals surface area contributed by atoms with Gasteiger partial charge in [0.05, 0.1) is 25.9 Å². The third-order valence-electron chi connectivity index (χ3n) is 7.69. The zero-order valence-corrected chi connectivity index (χ0v) is 26.5. The molecule has 0 aliphatic rings. The van der Waals surface area contributed by atoms with Crippen LogP contribution in [0.4, 0.5) is 5.69 Å². The molecule has 0 aliphatic carbocycles. The van der Waals surface area contributed by atoms with E-state index >= 15 is 0 Å². The minimum absolute atomic E-state index is 0.104. The number of primary amides is 1. The number of methoxy groups -OCH3 is 1. The van der Waals surface area contributed by atoms with Crippen molar-refractivity contribution in [1.82, 2.24) is 16.0 Å². The molecule has 242 valence electrons. The summed E-state index contributed by atoms with van der Waals surface area (Å²) in [6, 6.07) is 17.4. The molecule has 3 rings (SSSR count). The number of aliphatic hydroxyl groups is 3. The van der Waals surface area contributed by atoms with Gasteiger partial charge in [-0.3, -0.25) is 9.59 Å². The average Bonchev–Trinajstić information content (AvgIpc) is 3.05. The van der Waals surface area contributed by atoms with Crippen molar-refractivity contribution in [2.24, 2.45) is 11.7 Å². The first-order valence-corrected chi connectivity index (χ1v) is 14.7. The van der Waals surface area contributed by atoms with Gasteiger partial charge in [-0.1, -0.05) is 42.5 Å². The first kappa shape index (κ1) is 35.1. The van der Waals surface area contributed by atoms with Crippen molar-refractivity contribution in [2.45, 2.75) is 32.2 Å². The summed E-state index contributed by atoms with van der Waals surface area (Å²) < 4.78 is 5.81. The van der Waals surface area contributed by atoms with Gasteiger partial charge in [0.1, 0.15) is 11.5 Å². The Kier molecular flexibility index (Phi) is 12.9. The number of ether oxygens (including phenoxy) is 1. The molecule has 0 fully saturated rings. The number of amides is 2. The quantitative estimate of drug-likeness (QED) is 0.119. The number of carbonyl (C=O) groups is 2. The molecular formula is C34H45N5O6. The van der Waals surface area contributed by atoms with Crippen molar-refractivity contribution < 1.29 is 29.6 Å². The van der Waals surface area contributed by atoms with Crippen molar-refractivity contribution in [3.63, 3.8) is 0 Å². The van der Waals surface area contributed by atoms with Crippen LogP contribution in [0.1, 0.15) is 34.0 Å². The molecule has 0 aliphatic heterocycles. The molecule has 0 saturated carbocycles. The van der Waals surface area contributed by atoms with Crippen LogP contribution in [0.5, 0.6) is 5.75 Å². The van der Waals surface area contributed by atoms with Gasteiger partial charge in [-0.05, 0) is 42.3 Å². The third kappa shape index (κ3) is 9.05. The van der Waals surface area contributed by atoms with Gasteiger partial charge in [0.2, 0.25) is 5.91 Å². The summed E-state index contributed by atoms with van der Waals surface area (Å²) in [4.78, 5) is 26.9. The minimum Gasteiger partial charge on any atom is -0.508 e. The topological polar surface area (TPSA) is 169 Å². The number of nitrogens with one attached hydrogen (secondary N) is 3. The van der Waals surface area contributed by atoms with E-state index in [1.54, 1.807) is 51.4 Å². The molecule has 8 N–H and O–H groups in total. The van der Waals surface area contributed by atoms with E-state index < -0.39 is 30.6 Å². The van der Waals surface area contributed by atoms with Gasteiger partial charge < -0.3 is 46.6 Å². The van der Waals surface area contributed by atoms with Crippen LogP contribution >= 0.6 is 0 Å². The maximum atomic E-state index is 12.5. The van der Waals surface area contributed by atoms with Gasteiger partial charge in [0.15, 0.2) is 0 Å². The monoisotopic (exact) mass is 619 g/mol. The number of hydrogen-bond acceptors (Lipinski definition) is 9. The number of carbonyl (C=O) groups excluding carboxylic acids is 2. The number of para-hydroxylation sites is 1. The first-order chi connectivity index (χ1) is 21.5. The largest absolute Gasteiger partial charge is 0.508 e. The Labute approximate surface area is 264 Å². The maximum absolute atomic E-state index is 12.5. The lowest BCUT2D eigenvalue weighted by molar-refractivity contribution is -0.123. The molecule has 0 radical (unpaired) electrons. The Balaban J connectivity index is 1.76. The Morgan fingerprint density at radius 3 is 2.33 bits per heavy atom. The number of nitrogens with zero attached hydrogens (tertiary/aromatic N) is 1. The van der Waals surface area contributed by atoms with E-state index in [-0.39, 0.29) is 24.8 Å². The normalized spacial score (nSPS) is 13.5. The lowest BCUT2D eigenvalue weighted by Gasteiger charge is -2.29. The maximum Gasteiger partial charge on any atom is 0.251 e. The SMILES string of the molecule is C/C=C(/O)c1ccc(CNCC(O)C(CO)C(NCc2cccc(-c3cc(C(=O)NC)cc(N(C)C)c3)c2OC)C(N)=O)cc1. The summed E-state index contributed by atoms with van der Waals surface area (Å²) in [7, 11) is 6.91. The van der Waals surface area contributed by atoms with Crippen molar-refractivity contribution in [1.29, 1.82) is 0 Å². The van der Waals surface area contributed by atoms with Crippen LogP contribution in [0.25, 0.3) is 16.9 Å². The first-order valence-electron chi connectivity index (χ1n) is 14.7. The van der Waals surface area contributed by atoms with Crippen LogP contribution in [0, 0.1) is 5.92 Å². The van der Waals surface area contributed by atoms with Crippen LogP contribution in [-0.2, 0) is 17.9 Å².